The number of carbonyl (C=O) groups excluding carboxylic acids is 1. The van der Waals surface area contributed by atoms with E-state index >= 15 is 0 Å². The number of benzene rings is 2. The third-order valence-corrected chi connectivity index (χ3v) is 4.97. The van der Waals surface area contributed by atoms with Crippen LogP contribution in [-0.2, 0) is 4.74 Å². The Morgan fingerprint density at radius 3 is 2.50 bits per heavy atom. The third kappa shape index (κ3) is 5.73. The number of guanidine groups is 1. The second-order valence-electron chi connectivity index (χ2n) is 7.32. The van der Waals surface area contributed by atoms with Gasteiger partial charge in [-0.15, -0.1) is 0 Å². The van der Waals surface area contributed by atoms with E-state index in [0.717, 1.165) is 36.3 Å². The average molecular weight is 412 g/mol. The normalized spacial score (nSPS) is 16.3. The molecule has 1 fully saturated rings. The summed E-state index contributed by atoms with van der Waals surface area (Å²) in [6.45, 7) is 5.27. The van der Waals surface area contributed by atoms with Crippen LogP contribution >= 0.6 is 0 Å². The predicted octanol–water partition coefficient (Wildman–Crippen LogP) is 3.70. The number of methoxy groups -OCH3 is 2. The number of aliphatic imine (C=N–C) groups is 1. The lowest BCUT2D eigenvalue weighted by Gasteiger charge is -2.16. The zero-order valence-corrected chi connectivity index (χ0v) is 18.0. The Hall–Kier alpha value is -3.06. The minimum Gasteiger partial charge on any atom is -0.497 e. The first-order chi connectivity index (χ1) is 14.5. The van der Waals surface area contributed by atoms with Crippen LogP contribution in [-0.4, -0.2) is 45.3 Å². The zero-order chi connectivity index (χ0) is 21.5. The maximum Gasteiger partial charge on any atom is 0.258 e. The van der Waals surface area contributed by atoms with E-state index in [4.69, 9.17) is 14.2 Å². The van der Waals surface area contributed by atoms with Crippen LogP contribution in [0.2, 0.25) is 0 Å². The minimum atomic E-state index is -0.309. The molecule has 1 unspecified atom stereocenters. The van der Waals surface area contributed by atoms with Gasteiger partial charge in [-0.05, 0) is 56.0 Å². The Morgan fingerprint density at radius 1 is 1.13 bits per heavy atom. The first kappa shape index (κ1) is 21.6. The lowest BCUT2D eigenvalue weighted by Crippen LogP contribution is -2.37. The third-order valence-electron chi connectivity index (χ3n) is 4.97. The number of anilines is 1. The molecule has 0 radical (unpaired) electrons. The Kier molecular flexibility index (Phi) is 7.30. The fourth-order valence-corrected chi connectivity index (χ4v) is 3.21. The van der Waals surface area contributed by atoms with Crippen LogP contribution in [0.25, 0.3) is 0 Å². The number of nitrogens with zero attached hydrogens (tertiary/aromatic N) is 1. The van der Waals surface area contributed by atoms with E-state index in [1.807, 2.05) is 32.0 Å². The highest BCUT2D eigenvalue weighted by Crippen LogP contribution is 2.22. The van der Waals surface area contributed by atoms with Crippen molar-refractivity contribution < 1.29 is 19.0 Å². The summed E-state index contributed by atoms with van der Waals surface area (Å²) < 4.78 is 16.2. The van der Waals surface area contributed by atoms with Gasteiger partial charge in [-0.25, -0.2) is 4.99 Å². The number of rotatable bonds is 6. The van der Waals surface area contributed by atoms with Crippen LogP contribution in [0.1, 0.15) is 34.3 Å². The molecule has 2 N–H and O–H groups in total. The summed E-state index contributed by atoms with van der Waals surface area (Å²) >= 11 is 0. The van der Waals surface area contributed by atoms with Gasteiger partial charge in [0.15, 0.2) is 0 Å². The smallest absolute Gasteiger partial charge is 0.258 e. The number of aryl methyl sites for hydroxylation is 2. The molecule has 3 rings (SSSR count). The monoisotopic (exact) mass is 411 g/mol. The molecule has 2 aromatic carbocycles. The van der Waals surface area contributed by atoms with Gasteiger partial charge in [-0.3, -0.25) is 10.1 Å². The van der Waals surface area contributed by atoms with E-state index < -0.39 is 0 Å². The first-order valence-electron chi connectivity index (χ1n) is 10.0. The summed E-state index contributed by atoms with van der Waals surface area (Å²) in [5.41, 5.74) is 3.48. The molecule has 1 aliphatic heterocycles. The molecule has 160 valence electrons. The SMILES string of the molecule is COc1cc(OC)cc(C(=O)NC(=NCC2CCCO2)Nc2cc(C)ccc2C)c1. The number of ether oxygens (including phenoxy) is 3. The van der Waals surface area contributed by atoms with E-state index in [-0.39, 0.29) is 12.0 Å². The van der Waals surface area contributed by atoms with Crippen LogP contribution < -0.4 is 20.1 Å². The molecule has 1 heterocycles. The lowest BCUT2D eigenvalue weighted by atomic mass is 10.1. The molecule has 30 heavy (non-hydrogen) atoms. The quantitative estimate of drug-likeness (QED) is 0.560. The number of nitrogens with one attached hydrogen (secondary N) is 2. The number of carbonyl (C=O) groups is 1. The minimum absolute atomic E-state index is 0.0780. The van der Waals surface area contributed by atoms with Crippen LogP contribution in [0.15, 0.2) is 41.4 Å². The van der Waals surface area contributed by atoms with Gasteiger partial charge in [0, 0.05) is 23.9 Å². The summed E-state index contributed by atoms with van der Waals surface area (Å²) in [5.74, 6) is 1.15. The summed E-state index contributed by atoms with van der Waals surface area (Å²) in [6.07, 6.45) is 2.09. The van der Waals surface area contributed by atoms with E-state index in [9.17, 15) is 4.79 Å². The van der Waals surface area contributed by atoms with Crippen LogP contribution in [0.3, 0.4) is 0 Å². The van der Waals surface area contributed by atoms with Gasteiger partial charge in [0.05, 0.1) is 26.9 Å². The molecule has 7 nitrogen and oxygen atoms in total. The fourth-order valence-electron chi connectivity index (χ4n) is 3.21. The van der Waals surface area contributed by atoms with Crippen molar-refractivity contribution in [3.63, 3.8) is 0 Å². The van der Waals surface area contributed by atoms with Crippen molar-refractivity contribution in [2.24, 2.45) is 4.99 Å². The first-order valence-corrected chi connectivity index (χ1v) is 10.0. The molecule has 0 spiro atoms. The van der Waals surface area contributed by atoms with Crippen LogP contribution in [0.5, 0.6) is 11.5 Å². The lowest BCUT2D eigenvalue weighted by molar-refractivity contribution is 0.0975. The molecule has 1 amide bonds. The summed E-state index contributed by atoms with van der Waals surface area (Å²) in [7, 11) is 3.10. The van der Waals surface area contributed by atoms with Crippen molar-refractivity contribution in [1.29, 1.82) is 0 Å². The molecular formula is C23H29N3O4. The van der Waals surface area contributed by atoms with Crippen molar-refractivity contribution in [2.45, 2.75) is 32.8 Å². The van der Waals surface area contributed by atoms with Crippen molar-refractivity contribution in [1.82, 2.24) is 5.32 Å². The van der Waals surface area contributed by atoms with Gasteiger partial charge < -0.3 is 19.5 Å². The van der Waals surface area contributed by atoms with Crippen LogP contribution in [0, 0.1) is 13.8 Å². The molecule has 1 atom stereocenters. The van der Waals surface area contributed by atoms with E-state index in [0.29, 0.717) is 29.6 Å². The second-order valence-corrected chi connectivity index (χ2v) is 7.32. The number of hydrogen-bond donors (Lipinski definition) is 2. The Labute approximate surface area is 177 Å². The van der Waals surface area contributed by atoms with Crippen molar-refractivity contribution in [3.8, 4) is 11.5 Å². The summed E-state index contributed by atoms with van der Waals surface area (Å²) in [4.78, 5) is 17.6. The number of hydrogen-bond acceptors (Lipinski definition) is 5. The fraction of sp³-hybridized carbons (Fsp3) is 0.391. The Bertz CT molecular complexity index is 898. The molecular weight excluding hydrogens is 382 g/mol. The van der Waals surface area contributed by atoms with Gasteiger partial charge in [0.2, 0.25) is 5.96 Å². The highest BCUT2D eigenvalue weighted by atomic mass is 16.5. The van der Waals surface area contributed by atoms with E-state index in [1.165, 1.54) is 0 Å². The average Bonchev–Trinajstić information content (AvgIpc) is 3.27. The van der Waals surface area contributed by atoms with Crippen molar-refractivity contribution in [2.75, 3.05) is 32.7 Å². The van der Waals surface area contributed by atoms with Crippen molar-refractivity contribution in [3.05, 3.63) is 53.1 Å². The van der Waals surface area contributed by atoms with Gasteiger partial charge in [0.1, 0.15) is 11.5 Å². The largest absolute Gasteiger partial charge is 0.497 e. The summed E-state index contributed by atoms with van der Waals surface area (Å²) in [6, 6.07) is 11.1. The zero-order valence-electron chi connectivity index (χ0n) is 18.0. The maximum atomic E-state index is 13.0. The molecule has 0 saturated carbocycles. The number of amides is 1. The maximum absolute atomic E-state index is 13.0. The Balaban J connectivity index is 1.83. The van der Waals surface area contributed by atoms with E-state index in [2.05, 4.69) is 15.6 Å². The molecule has 7 heteroatoms. The van der Waals surface area contributed by atoms with Gasteiger partial charge >= 0.3 is 0 Å². The molecule has 1 saturated heterocycles. The standard InChI is InChI=1S/C23H29N3O4/c1-15-7-8-16(2)21(10-15)25-23(24-14-18-6-5-9-30-18)26-22(27)17-11-19(28-3)13-20(12-17)29-4/h7-8,10-13,18H,5-6,9,14H2,1-4H3,(H2,24,25,26,27). The molecule has 2 aromatic rings. The van der Waals surface area contributed by atoms with Gasteiger partial charge in [-0.1, -0.05) is 12.1 Å². The molecule has 0 bridgehead atoms. The van der Waals surface area contributed by atoms with E-state index in [1.54, 1.807) is 32.4 Å². The Morgan fingerprint density at radius 2 is 1.87 bits per heavy atom. The predicted molar refractivity (Wildman–Crippen MR) is 118 cm³/mol. The van der Waals surface area contributed by atoms with Crippen molar-refractivity contribution >= 4 is 17.6 Å². The molecule has 0 aromatic heterocycles. The topological polar surface area (TPSA) is 81.2 Å². The highest BCUT2D eigenvalue weighted by molar-refractivity contribution is 6.10. The summed E-state index contributed by atoms with van der Waals surface area (Å²) in [5, 5.41) is 6.16. The van der Waals surface area contributed by atoms with Crippen LogP contribution in [0.4, 0.5) is 5.69 Å². The molecule has 1 aliphatic rings. The highest BCUT2D eigenvalue weighted by Gasteiger charge is 2.17. The molecule has 0 aliphatic carbocycles. The second kappa shape index (κ2) is 10.1. The van der Waals surface area contributed by atoms with Gasteiger partial charge in [-0.2, -0.15) is 0 Å². The van der Waals surface area contributed by atoms with Gasteiger partial charge in [0.25, 0.3) is 5.91 Å².